The fraction of sp³-hybridized carbons (Fsp3) is 0.500. The Labute approximate surface area is 122 Å². The van der Waals surface area contributed by atoms with Crippen LogP contribution in [0.3, 0.4) is 0 Å². The topological polar surface area (TPSA) is 26.3 Å². The van der Waals surface area contributed by atoms with E-state index in [4.69, 9.17) is 0 Å². The standard InChI is InChI=1S/C18H26O2/c1-3-4-5-6-7-8-9-10-11-16-12-14-17(15-13-16)18(19)20-2/h10-15H,3-9H2,1-2H3/b11-10+. The number of carbonyl (C=O) groups is 1. The maximum absolute atomic E-state index is 11.3. The molecule has 0 aliphatic rings. The molecule has 0 spiro atoms. The summed E-state index contributed by atoms with van der Waals surface area (Å²) in [5.74, 6) is -0.285. The van der Waals surface area contributed by atoms with E-state index >= 15 is 0 Å². The maximum Gasteiger partial charge on any atom is 0.337 e. The number of hydrogen-bond donors (Lipinski definition) is 0. The van der Waals surface area contributed by atoms with Crippen LogP contribution in [0.25, 0.3) is 6.08 Å². The van der Waals surface area contributed by atoms with Crippen LogP contribution in [0.15, 0.2) is 30.3 Å². The molecule has 0 bridgehead atoms. The molecule has 1 aromatic rings. The van der Waals surface area contributed by atoms with Gasteiger partial charge < -0.3 is 4.74 Å². The summed E-state index contributed by atoms with van der Waals surface area (Å²) in [6.07, 6.45) is 13.4. The van der Waals surface area contributed by atoms with Crippen molar-refractivity contribution >= 4 is 12.0 Å². The average Bonchev–Trinajstić information content (AvgIpc) is 2.50. The molecule has 0 aliphatic carbocycles. The van der Waals surface area contributed by atoms with E-state index in [9.17, 15) is 4.79 Å². The quantitative estimate of drug-likeness (QED) is 0.455. The molecule has 0 N–H and O–H groups in total. The normalized spacial score (nSPS) is 10.9. The first-order valence-electron chi connectivity index (χ1n) is 7.63. The highest BCUT2D eigenvalue weighted by Gasteiger charge is 2.02. The largest absolute Gasteiger partial charge is 0.465 e. The number of esters is 1. The van der Waals surface area contributed by atoms with Gasteiger partial charge in [-0.2, -0.15) is 0 Å². The Kier molecular flexibility index (Phi) is 8.44. The molecular weight excluding hydrogens is 248 g/mol. The van der Waals surface area contributed by atoms with Crippen molar-refractivity contribution in [2.24, 2.45) is 0 Å². The van der Waals surface area contributed by atoms with E-state index in [0.29, 0.717) is 5.56 Å². The van der Waals surface area contributed by atoms with Gasteiger partial charge in [0.2, 0.25) is 0 Å². The second-order valence-corrected chi connectivity index (χ2v) is 5.07. The van der Waals surface area contributed by atoms with Crippen molar-refractivity contribution < 1.29 is 9.53 Å². The third kappa shape index (κ3) is 6.55. The predicted octanol–water partition coefficient (Wildman–Crippen LogP) is 5.24. The molecule has 0 radical (unpaired) electrons. The molecule has 0 unspecified atom stereocenters. The lowest BCUT2D eigenvalue weighted by molar-refractivity contribution is 0.0601. The molecule has 0 atom stereocenters. The summed E-state index contributed by atoms with van der Waals surface area (Å²) >= 11 is 0. The van der Waals surface area contributed by atoms with Crippen molar-refractivity contribution in [3.63, 3.8) is 0 Å². The molecule has 0 saturated carbocycles. The van der Waals surface area contributed by atoms with Crippen LogP contribution < -0.4 is 0 Å². The van der Waals surface area contributed by atoms with Gasteiger partial charge in [0.1, 0.15) is 0 Å². The van der Waals surface area contributed by atoms with Gasteiger partial charge in [0.15, 0.2) is 0 Å². The second kappa shape index (κ2) is 10.2. The number of rotatable bonds is 9. The van der Waals surface area contributed by atoms with Gasteiger partial charge in [-0.05, 0) is 30.5 Å². The molecule has 2 heteroatoms. The summed E-state index contributed by atoms with van der Waals surface area (Å²) in [7, 11) is 1.40. The van der Waals surface area contributed by atoms with Crippen molar-refractivity contribution in [2.45, 2.75) is 51.9 Å². The Morgan fingerprint density at radius 2 is 1.70 bits per heavy atom. The highest BCUT2D eigenvalue weighted by Crippen LogP contribution is 2.10. The van der Waals surface area contributed by atoms with Crippen LogP contribution in [0.1, 0.15) is 67.8 Å². The van der Waals surface area contributed by atoms with Gasteiger partial charge in [0.05, 0.1) is 12.7 Å². The highest BCUT2D eigenvalue weighted by atomic mass is 16.5. The smallest absolute Gasteiger partial charge is 0.337 e. The number of allylic oxidation sites excluding steroid dienone is 1. The number of benzene rings is 1. The van der Waals surface area contributed by atoms with E-state index in [2.05, 4.69) is 23.8 Å². The molecule has 20 heavy (non-hydrogen) atoms. The maximum atomic E-state index is 11.3. The molecule has 0 aromatic heterocycles. The fourth-order valence-electron chi connectivity index (χ4n) is 2.11. The third-order valence-corrected chi connectivity index (χ3v) is 3.37. The Hall–Kier alpha value is -1.57. The Bertz CT molecular complexity index is 404. The van der Waals surface area contributed by atoms with Gasteiger partial charge >= 0.3 is 5.97 Å². The SMILES string of the molecule is CCCCCCCC/C=C/c1ccc(C(=O)OC)cc1. The minimum Gasteiger partial charge on any atom is -0.465 e. The first-order chi connectivity index (χ1) is 9.77. The number of ether oxygens (including phenoxy) is 1. The summed E-state index contributed by atoms with van der Waals surface area (Å²) in [5.41, 5.74) is 1.73. The molecule has 0 fully saturated rings. The Morgan fingerprint density at radius 1 is 1.05 bits per heavy atom. The van der Waals surface area contributed by atoms with Crippen LogP contribution in [0.4, 0.5) is 0 Å². The minimum atomic E-state index is -0.285. The Morgan fingerprint density at radius 3 is 2.35 bits per heavy atom. The summed E-state index contributed by atoms with van der Waals surface area (Å²) in [4.78, 5) is 11.3. The van der Waals surface area contributed by atoms with Crippen molar-refractivity contribution in [3.8, 4) is 0 Å². The molecule has 2 nitrogen and oxygen atoms in total. The summed E-state index contributed by atoms with van der Waals surface area (Å²) in [5, 5.41) is 0. The highest BCUT2D eigenvalue weighted by molar-refractivity contribution is 5.89. The van der Waals surface area contributed by atoms with Crippen LogP contribution in [0.2, 0.25) is 0 Å². The van der Waals surface area contributed by atoms with Crippen LogP contribution in [-0.2, 0) is 4.74 Å². The van der Waals surface area contributed by atoms with E-state index < -0.39 is 0 Å². The third-order valence-electron chi connectivity index (χ3n) is 3.37. The van der Waals surface area contributed by atoms with Crippen molar-refractivity contribution in [2.75, 3.05) is 7.11 Å². The lowest BCUT2D eigenvalue weighted by atomic mass is 10.1. The first-order valence-corrected chi connectivity index (χ1v) is 7.63. The molecule has 1 aromatic carbocycles. The summed E-state index contributed by atoms with van der Waals surface area (Å²) < 4.78 is 4.67. The van der Waals surface area contributed by atoms with Gasteiger partial charge in [-0.1, -0.05) is 63.3 Å². The van der Waals surface area contributed by atoms with Crippen LogP contribution in [0.5, 0.6) is 0 Å². The van der Waals surface area contributed by atoms with Crippen molar-refractivity contribution in [1.29, 1.82) is 0 Å². The van der Waals surface area contributed by atoms with Crippen LogP contribution in [-0.4, -0.2) is 13.1 Å². The van der Waals surface area contributed by atoms with Gasteiger partial charge in [-0.15, -0.1) is 0 Å². The molecular formula is C18H26O2. The molecule has 0 amide bonds. The lowest BCUT2D eigenvalue weighted by Gasteiger charge is -2.00. The van der Waals surface area contributed by atoms with Crippen molar-refractivity contribution in [3.05, 3.63) is 41.5 Å². The van der Waals surface area contributed by atoms with E-state index in [1.807, 2.05) is 12.1 Å². The monoisotopic (exact) mass is 274 g/mol. The Balaban J connectivity index is 2.23. The number of methoxy groups -OCH3 is 1. The van der Waals surface area contributed by atoms with E-state index in [1.54, 1.807) is 12.1 Å². The molecule has 1 rings (SSSR count). The van der Waals surface area contributed by atoms with E-state index in [0.717, 1.165) is 12.0 Å². The summed E-state index contributed by atoms with van der Waals surface area (Å²) in [6, 6.07) is 7.50. The number of carbonyl (C=O) groups excluding carboxylic acids is 1. The molecule has 0 saturated heterocycles. The van der Waals surface area contributed by atoms with Gasteiger partial charge in [-0.3, -0.25) is 0 Å². The number of hydrogen-bond acceptors (Lipinski definition) is 2. The predicted molar refractivity (Wildman–Crippen MR) is 84.8 cm³/mol. The van der Waals surface area contributed by atoms with E-state index in [-0.39, 0.29) is 5.97 Å². The van der Waals surface area contributed by atoms with Crippen LogP contribution in [0, 0.1) is 0 Å². The minimum absolute atomic E-state index is 0.285. The zero-order valence-corrected chi connectivity index (χ0v) is 12.7. The summed E-state index contributed by atoms with van der Waals surface area (Å²) in [6.45, 7) is 2.24. The zero-order valence-electron chi connectivity index (χ0n) is 12.7. The molecule has 0 aliphatic heterocycles. The molecule has 110 valence electrons. The zero-order chi connectivity index (χ0) is 14.6. The van der Waals surface area contributed by atoms with Gasteiger partial charge in [0.25, 0.3) is 0 Å². The lowest BCUT2D eigenvalue weighted by Crippen LogP contribution is -2.00. The van der Waals surface area contributed by atoms with Crippen LogP contribution >= 0.6 is 0 Å². The van der Waals surface area contributed by atoms with E-state index in [1.165, 1.54) is 45.6 Å². The average molecular weight is 274 g/mol. The fourth-order valence-corrected chi connectivity index (χ4v) is 2.11. The van der Waals surface area contributed by atoms with Crippen molar-refractivity contribution in [1.82, 2.24) is 0 Å². The molecule has 0 heterocycles. The number of unbranched alkanes of at least 4 members (excludes halogenated alkanes) is 6. The van der Waals surface area contributed by atoms with Gasteiger partial charge in [-0.25, -0.2) is 4.79 Å². The second-order valence-electron chi connectivity index (χ2n) is 5.07. The van der Waals surface area contributed by atoms with Gasteiger partial charge in [0, 0.05) is 0 Å². The first kappa shape index (κ1) is 16.5.